The minimum Gasteiger partial charge on any atom is -0.315 e. The number of nitrogens with one attached hydrogen (secondary N) is 1. The van der Waals surface area contributed by atoms with Gasteiger partial charge in [-0.2, -0.15) is 17.8 Å². The van der Waals surface area contributed by atoms with Gasteiger partial charge in [-0.1, -0.05) is 12.1 Å². The molecule has 1 aromatic heterocycles. The number of rotatable bonds is 2. The summed E-state index contributed by atoms with van der Waals surface area (Å²) in [6.07, 6.45) is 4.26. The van der Waals surface area contributed by atoms with E-state index in [1.807, 2.05) is 19.9 Å². The Morgan fingerprint density at radius 2 is 2.09 bits per heavy atom. The molecule has 1 fully saturated rings. The highest BCUT2D eigenvalue weighted by Gasteiger charge is 2.31. The van der Waals surface area contributed by atoms with Crippen LogP contribution in [0.4, 0.5) is 0 Å². The zero-order valence-electron chi connectivity index (χ0n) is 13.4. The van der Waals surface area contributed by atoms with Crippen LogP contribution in [0.2, 0.25) is 0 Å². The van der Waals surface area contributed by atoms with Crippen molar-refractivity contribution in [3.63, 3.8) is 0 Å². The molecule has 7 heteroatoms. The predicted octanol–water partition coefficient (Wildman–Crippen LogP) is 2.03. The van der Waals surface area contributed by atoms with Crippen molar-refractivity contribution >= 4 is 34.3 Å². The lowest BCUT2D eigenvalue weighted by atomic mass is 10.1. The second kappa shape index (κ2) is 7.17. The highest BCUT2D eigenvalue weighted by atomic mass is 32.2. The highest BCUT2D eigenvalue weighted by Crippen LogP contribution is 2.29. The summed E-state index contributed by atoms with van der Waals surface area (Å²) in [5.41, 5.74) is 0.886. The van der Waals surface area contributed by atoms with Gasteiger partial charge >= 0.3 is 0 Å². The lowest BCUT2D eigenvalue weighted by molar-refractivity contribution is 0.354. The summed E-state index contributed by atoms with van der Waals surface area (Å²) in [5, 5.41) is 4.93. The Bertz CT molecular complexity index is 788. The normalized spacial score (nSPS) is 20.0. The molecule has 0 radical (unpaired) electrons. The first kappa shape index (κ1) is 18.2. The highest BCUT2D eigenvalue weighted by molar-refractivity contribution is 7.89. The Labute approximate surface area is 144 Å². The fourth-order valence-corrected chi connectivity index (χ4v) is 5.02. The summed E-state index contributed by atoms with van der Waals surface area (Å²) in [6.45, 7) is 5.95. The van der Waals surface area contributed by atoms with Crippen LogP contribution in [0, 0.1) is 6.92 Å². The molecule has 1 N–H and O–H groups in total. The third-order valence-electron chi connectivity index (χ3n) is 4.18. The van der Waals surface area contributed by atoms with Gasteiger partial charge in [0.15, 0.2) is 0 Å². The third kappa shape index (κ3) is 3.38. The van der Waals surface area contributed by atoms with Crippen LogP contribution in [-0.4, -0.2) is 43.4 Å². The fourth-order valence-electron chi connectivity index (χ4n) is 3.06. The number of hydrogen-bond donors (Lipinski definition) is 1. The molecule has 1 aromatic carbocycles. The van der Waals surface area contributed by atoms with E-state index in [1.165, 1.54) is 0 Å². The van der Waals surface area contributed by atoms with E-state index < -0.39 is 10.0 Å². The van der Waals surface area contributed by atoms with Crippen molar-refractivity contribution < 1.29 is 8.42 Å². The summed E-state index contributed by atoms with van der Waals surface area (Å²) in [7, 11) is -3.52. The van der Waals surface area contributed by atoms with Crippen molar-refractivity contribution in [2.75, 3.05) is 19.6 Å². The number of nitrogens with zero attached hydrogens (tertiary/aromatic N) is 2. The molecule has 0 spiro atoms. The monoisotopic (exact) mass is 353 g/mol. The Morgan fingerprint density at radius 3 is 2.87 bits per heavy atom. The zero-order chi connectivity index (χ0) is 15.7. The zero-order valence-corrected chi connectivity index (χ0v) is 15.2. The fraction of sp³-hybridized carbons (Fsp3) is 0.438. The molecule has 0 aliphatic carbocycles. The smallest absolute Gasteiger partial charge is 0.243 e. The van der Waals surface area contributed by atoms with Crippen LogP contribution in [0.3, 0.4) is 0 Å². The number of fused-ring (bicyclic) bond motifs is 1. The number of aryl methyl sites for hydroxylation is 1. The van der Waals surface area contributed by atoms with Gasteiger partial charge in [-0.05, 0) is 38.4 Å². The molecular weight excluding hydrogens is 330 g/mol. The maximum atomic E-state index is 13.2. The lowest BCUT2D eigenvalue weighted by Gasteiger charge is -2.26. The standard InChI is InChI=1S/C16H21N3O2S.H2S/c1-12-9-18-11-14-5-3-6-15(16(12)14)22(20,21)19-8-4-7-17-10-13(19)2;/h3,5-6,9,11,13,17H,4,7-8,10H2,1-2H3;1H2/t13-;/m0./s1. The minimum absolute atomic E-state index is 0. The second-order valence-electron chi connectivity index (χ2n) is 5.83. The lowest BCUT2D eigenvalue weighted by Crippen LogP contribution is -2.41. The van der Waals surface area contributed by atoms with E-state index in [9.17, 15) is 8.42 Å². The van der Waals surface area contributed by atoms with Crippen LogP contribution in [-0.2, 0) is 10.0 Å². The maximum absolute atomic E-state index is 13.2. The minimum atomic E-state index is -3.52. The Kier molecular flexibility index (Phi) is 5.67. The summed E-state index contributed by atoms with van der Waals surface area (Å²) in [4.78, 5) is 4.55. The van der Waals surface area contributed by atoms with Crippen molar-refractivity contribution in [3.8, 4) is 0 Å². The summed E-state index contributed by atoms with van der Waals surface area (Å²) in [5.74, 6) is 0. The molecule has 1 aliphatic heterocycles. The van der Waals surface area contributed by atoms with E-state index in [1.54, 1.807) is 28.8 Å². The SMILES string of the molecule is Cc1cncc2cccc(S(=O)(=O)N3CCCNC[C@@H]3C)c12.S. The molecular formula is C16H23N3O2S2. The van der Waals surface area contributed by atoms with E-state index in [0.29, 0.717) is 18.0 Å². The molecule has 3 rings (SSSR count). The molecule has 126 valence electrons. The first-order valence-corrected chi connectivity index (χ1v) is 9.01. The van der Waals surface area contributed by atoms with Crippen LogP contribution in [0.15, 0.2) is 35.5 Å². The molecule has 5 nitrogen and oxygen atoms in total. The first-order chi connectivity index (χ1) is 10.5. The summed E-state index contributed by atoms with van der Waals surface area (Å²) in [6, 6.07) is 5.35. The molecule has 1 atom stereocenters. The topological polar surface area (TPSA) is 62.3 Å². The Morgan fingerprint density at radius 1 is 1.30 bits per heavy atom. The molecule has 0 bridgehead atoms. The quantitative estimate of drug-likeness (QED) is 0.897. The number of pyridine rings is 1. The second-order valence-corrected chi connectivity index (χ2v) is 7.69. The molecule has 2 aromatic rings. The van der Waals surface area contributed by atoms with Gasteiger partial charge in [-0.3, -0.25) is 4.98 Å². The van der Waals surface area contributed by atoms with Gasteiger partial charge in [-0.25, -0.2) is 8.42 Å². The largest absolute Gasteiger partial charge is 0.315 e. The van der Waals surface area contributed by atoms with Crippen molar-refractivity contribution in [2.24, 2.45) is 0 Å². The average Bonchev–Trinajstić information content (AvgIpc) is 2.72. The van der Waals surface area contributed by atoms with E-state index in [-0.39, 0.29) is 19.5 Å². The molecule has 1 saturated heterocycles. The van der Waals surface area contributed by atoms with E-state index >= 15 is 0 Å². The molecule has 2 heterocycles. The van der Waals surface area contributed by atoms with Crippen molar-refractivity contribution in [2.45, 2.75) is 31.2 Å². The maximum Gasteiger partial charge on any atom is 0.243 e. The van der Waals surface area contributed by atoms with Gasteiger partial charge in [0, 0.05) is 42.3 Å². The Hall–Kier alpha value is -1.15. The average molecular weight is 354 g/mol. The summed E-state index contributed by atoms with van der Waals surface area (Å²) < 4.78 is 28.0. The Balaban J connectivity index is 0.00000192. The molecule has 1 aliphatic rings. The van der Waals surface area contributed by atoms with Crippen LogP contribution in [0.25, 0.3) is 10.8 Å². The van der Waals surface area contributed by atoms with Gasteiger partial charge in [0.2, 0.25) is 10.0 Å². The molecule has 0 saturated carbocycles. The van der Waals surface area contributed by atoms with Crippen LogP contribution in [0.5, 0.6) is 0 Å². The van der Waals surface area contributed by atoms with Crippen LogP contribution >= 0.6 is 13.5 Å². The molecule has 0 amide bonds. The van der Waals surface area contributed by atoms with E-state index in [4.69, 9.17) is 0 Å². The van der Waals surface area contributed by atoms with Crippen molar-refractivity contribution in [1.82, 2.24) is 14.6 Å². The summed E-state index contributed by atoms with van der Waals surface area (Å²) >= 11 is 0. The van der Waals surface area contributed by atoms with Crippen LogP contribution in [0.1, 0.15) is 18.9 Å². The van der Waals surface area contributed by atoms with E-state index in [2.05, 4.69) is 10.3 Å². The first-order valence-electron chi connectivity index (χ1n) is 7.57. The number of aromatic nitrogens is 1. The van der Waals surface area contributed by atoms with Crippen molar-refractivity contribution in [1.29, 1.82) is 0 Å². The van der Waals surface area contributed by atoms with E-state index in [0.717, 1.165) is 29.3 Å². The number of benzene rings is 1. The predicted molar refractivity (Wildman–Crippen MR) is 97.7 cm³/mol. The van der Waals surface area contributed by atoms with Gasteiger partial charge in [0.1, 0.15) is 0 Å². The number of sulfonamides is 1. The molecule has 0 unspecified atom stereocenters. The van der Waals surface area contributed by atoms with Gasteiger partial charge in [-0.15, -0.1) is 0 Å². The number of hydrogen-bond acceptors (Lipinski definition) is 4. The van der Waals surface area contributed by atoms with Gasteiger partial charge < -0.3 is 5.32 Å². The van der Waals surface area contributed by atoms with Crippen molar-refractivity contribution in [3.05, 3.63) is 36.2 Å². The van der Waals surface area contributed by atoms with Gasteiger partial charge in [0.05, 0.1) is 4.90 Å². The molecule has 23 heavy (non-hydrogen) atoms. The van der Waals surface area contributed by atoms with Gasteiger partial charge in [0.25, 0.3) is 0 Å². The van der Waals surface area contributed by atoms with Crippen LogP contribution < -0.4 is 5.32 Å². The third-order valence-corrected chi connectivity index (χ3v) is 6.24.